The second kappa shape index (κ2) is 7.42. The summed E-state index contributed by atoms with van der Waals surface area (Å²) in [4.78, 5) is 29.6. The Balaban J connectivity index is 1.58. The van der Waals surface area contributed by atoms with Gasteiger partial charge in [-0.2, -0.15) is 9.61 Å². The van der Waals surface area contributed by atoms with Gasteiger partial charge < -0.3 is 5.32 Å². The number of amides is 1. The Morgan fingerprint density at radius 3 is 2.70 bits per heavy atom. The van der Waals surface area contributed by atoms with E-state index in [-0.39, 0.29) is 18.0 Å². The van der Waals surface area contributed by atoms with Gasteiger partial charge in [0, 0.05) is 21.7 Å². The normalized spacial score (nSPS) is 10.9. The standard InChI is InChI=1S/C19H13BrN4O2S/c20-14-8-4-7-13(9-14)17(26)21-11-15-10-16(25)24-19(22-15)27-18(23-24)12-5-2-1-3-6-12/h1-10H,11H2,(H,21,26). The first-order valence-corrected chi connectivity index (χ1v) is 9.70. The molecular weight excluding hydrogens is 428 g/mol. The van der Waals surface area contributed by atoms with Crippen molar-refractivity contribution in [1.82, 2.24) is 19.9 Å². The van der Waals surface area contributed by atoms with Crippen LogP contribution in [-0.4, -0.2) is 20.5 Å². The Morgan fingerprint density at radius 2 is 1.93 bits per heavy atom. The van der Waals surface area contributed by atoms with Crippen LogP contribution in [0.5, 0.6) is 0 Å². The van der Waals surface area contributed by atoms with Gasteiger partial charge in [-0.1, -0.05) is 63.7 Å². The SMILES string of the molecule is O=C(NCc1cc(=O)n2nc(-c3ccccc3)sc2n1)c1cccc(Br)c1. The summed E-state index contributed by atoms with van der Waals surface area (Å²) in [6.45, 7) is 0.162. The lowest BCUT2D eigenvalue weighted by molar-refractivity contribution is 0.0950. The van der Waals surface area contributed by atoms with Gasteiger partial charge in [-0.15, -0.1) is 0 Å². The van der Waals surface area contributed by atoms with Crippen LogP contribution in [0.4, 0.5) is 0 Å². The van der Waals surface area contributed by atoms with E-state index in [0.29, 0.717) is 16.2 Å². The van der Waals surface area contributed by atoms with Crippen molar-refractivity contribution in [3.05, 3.63) is 86.7 Å². The molecule has 0 atom stereocenters. The van der Waals surface area contributed by atoms with Crippen molar-refractivity contribution < 1.29 is 4.79 Å². The van der Waals surface area contributed by atoms with Crippen LogP contribution in [0.2, 0.25) is 0 Å². The lowest BCUT2D eigenvalue weighted by Crippen LogP contribution is -2.25. The molecule has 0 bridgehead atoms. The van der Waals surface area contributed by atoms with E-state index in [1.54, 1.807) is 18.2 Å². The van der Waals surface area contributed by atoms with Crippen molar-refractivity contribution in [2.24, 2.45) is 0 Å². The molecule has 27 heavy (non-hydrogen) atoms. The van der Waals surface area contributed by atoms with Crippen LogP contribution in [0.3, 0.4) is 0 Å². The molecule has 0 spiro atoms. The summed E-state index contributed by atoms with van der Waals surface area (Å²) in [6, 6.07) is 18.1. The fraction of sp³-hybridized carbons (Fsp3) is 0.0526. The molecule has 134 valence electrons. The van der Waals surface area contributed by atoms with Gasteiger partial charge in [0.15, 0.2) is 0 Å². The second-order valence-electron chi connectivity index (χ2n) is 5.75. The maximum absolute atomic E-state index is 12.4. The summed E-state index contributed by atoms with van der Waals surface area (Å²) >= 11 is 4.68. The summed E-state index contributed by atoms with van der Waals surface area (Å²) in [5.41, 5.74) is 1.68. The molecule has 0 aliphatic heterocycles. The number of fused-ring (bicyclic) bond motifs is 1. The summed E-state index contributed by atoms with van der Waals surface area (Å²) in [7, 11) is 0. The molecule has 4 rings (SSSR count). The Bertz CT molecular complexity index is 1190. The van der Waals surface area contributed by atoms with Crippen LogP contribution in [0.25, 0.3) is 15.5 Å². The predicted octanol–water partition coefficient (Wildman–Crippen LogP) is 3.51. The Kier molecular flexibility index (Phi) is 4.83. The number of hydrogen-bond acceptors (Lipinski definition) is 5. The van der Waals surface area contributed by atoms with Crippen LogP contribution in [-0.2, 0) is 6.54 Å². The first-order chi connectivity index (χ1) is 13.1. The monoisotopic (exact) mass is 440 g/mol. The Labute approximate surface area is 166 Å². The van der Waals surface area contributed by atoms with Gasteiger partial charge >= 0.3 is 0 Å². The lowest BCUT2D eigenvalue weighted by atomic mass is 10.2. The van der Waals surface area contributed by atoms with Crippen molar-refractivity contribution >= 4 is 38.1 Å². The molecule has 1 amide bonds. The van der Waals surface area contributed by atoms with Crippen LogP contribution >= 0.6 is 27.3 Å². The van der Waals surface area contributed by atoms with Gasteiger partial charge in [0.05, 0.1) is 12.2 Å². The van der Waals surface area contributed by atoms with Crippen LogP contribution < -0.4 is 10.9 Å². The van der Waals surface area contributed by atoms with E-state index < -0.39 is 0 Å². The first-order valence-electron chi connectivity index (χ1n) is 8.09. The largest absolute Gasteiger partial charge is 0.346 e. The third-order valence-corrected chi connectivity index (χ3v) is 5.29. The van der Waals surface area contributed by atoms with Gasteiger partial charge in [-0.05, 0) is 18.2 Å². The van der Waals surface area contributed by atoms with E-state index in [0.717, 1.165) is 15.0 Å². The minimum absolute atomic E-state index is 0.162. The molecule has 2 aromatic carbocycles. The smallest absolute Gasteiger partial charge is 0.275 e. The first kappa shape index (κ1) is 17.6. The van der Waals surface area contributed by atoms with Crippen molar-refractivity contribution in [3.63, 3.8) is 0 Å². The number of nitrogens with one attached hydrogen (secondary N) is 1. The van der Waals surface area contributed by atoms with Crippen LogP contribution in [0.1, 0.15) is 16.1 Å². The summed E-state index contributed by atoms with van der Waals surface area (Å²) in [5, 5.41) is 7.85. The van der Waals surface area contributed by atoms with Crippen molar-refractivity contribution in [2.75, 3.05) is 0 Å². The number of halogens is 1. The highest BCUT2D eigenvalue weighted by Gasteiger charge is 2.12. The highest BCUT2D eigenvalue weighted by atomic mass is 79.9. The van der Waals surface area contributed by atoms with Crippen LogP contribution in [0.15, 0.2) is 69.9 Å². The van der Waals surface area contributed by atoms with E-state index in [1.807, 2.05) is 36.4 Å². The molecule has 4 aromatic rings. The maximum Gasteiger partial charge on any atom is 0.275 e. The Morgan fingerprint density at radius 1 is 1.11 bits per heavy atom. The number of aromatic nitrogens is 3. The van der Waals surface area contributed by atoms with Gasteiger partial charge in [-0.25, -0.2) is 4.98 Å². The number of carbonyl (C=O) groups excluding carboxylic acids is 1. The molecule has 0 saturated carbocycles. The van der Waals surface area contributed by atoms with Crippen molar-refractivity contribution in [3.8, 4) is 10.6 Å². The minimum Gasteiger partial charge on any atom is -0.346 e. The summed E-state index contributed by atoms with van der Waals surface area (Å²) in [6.07, 6.45) is 0. The maximum atomic E-state index is 12.4. The van der Waals surface area contributed by atoms with Gasteiger partial charge in [0.2, 0.25) is 4.96 Å². The third-order valence-electron chi connectivity index (χ3n) is 3.84. The fourth-order valence-corrected chi connectivity index (χ4v) is 3.88. The minimum atomic E-state index is -0.273. The number of benzene rings is 2. The molecule has 1 N–H and O–H groups in total. The molecular formula is C19H13BrN4O2S. The topological polar surface area (TPSA) is 76.4 Å². The molecule has 0 aliphatic carbocycles. The zero-order chi connectivity index (χ0) is 18.8. The van der Waals surface area contributed by atoms with Gasteiger partial charge in [-0.3, -0.25) is 9.59 Å². The predicted molar refractivity (Wildman–Crippen MR) is 108 cm³/mol. The number of nitrogens with zero attached hydrogens (tertiary/aromatic N) is 3. The highest BCUT2D eigenvalue weighted by molar-refractivity contribution is 9.10. The Hall–Kier alpha value is -2.84. The van der Waals surface area contributed by atoms with E-state index in [1.165, 1.54) is 21.9 Å². The number of hydrogen-bond donors (Lipinski definition) is 1. The van der Waals surface area contributed by atoms with E-state index in [9.17, 15) is 9.59 Å². The molecule has 0 aliphatic rings. The van der Waals surface area contributed by atoms with Crippen molar-refractivity contribution in [2.45, 2.75) is 6.54 Å². The summed E-state index contributed by atoms with van der Waals surface area (Å²) in [5.74, 6) is -0.229. The molecule has 0 radical (unpaired) electrons. The molecule has 2 heterocycles. The van der Waals surface area contributed by atoms with E-state index in [2.05, 4.69) is 31.3 Å². The number of carbonyl (C=O) groups is 1. The second-order valence-corrected chi connectivity index (χ2v) is 7.62. The quantitative estimate of drug-likeness (QED) is 0.526. The fourth-order valence-electron chi connectivity index (χ4n) is 2.55. The van der Waals surface area contributed by atoms with E-state index >= 15 is 0 Å². The highest BCUT2D eigenvalue weighted by Crippen LogP contribution is 2.23. The number of rotatable bonds is 4. The average Bonchev–Trinajstić information content (AvgIpc) is 3.12. The molecule has 8 heteroatoms. The zero-order valence-corrected chi connectivity index (χ0v) is 16.3. The molecule has 0 saturated heterocycles. The van der Waals surface area contributed by atoms with Gasteiger partial charge in [0.25, 0.3) is 11.5 Å². The molecule has 6 nitrogen and oxygen atoms in total. The zero-order valence-electron chi connectivity index (χ0n) is 13.9. The average molecular weight is 441 g/mol. The van der Waals surface area contributed by atoms with E-state index in [4.69, 9.17) is 0 Å². The third kappa shape index (κ3) is 3.81. The molecule has 0 unspecified atom stereocenters. The molecule has 2 aromatic heterocycles. The molecule has 0 fully saturated rings. The van der Waals surface area contributed by atoms with Gasteiger partial charge in [0.1, 0.15) is 5.01 Å². The summed E-state index contributed by atoms with van der Waals surface area (Å²) < 4.78 is 2.11. The van der Waals surface area contributed by atoms with Crippen molar-refractivity contribution in [1.29, 1.82) is 0 Å². The lowest BCUT2D eigenvalue weighted by Gasteiger charge is -2.05. The van der Waals surface area contributed by atoms with Crippen LogP contribution in [0, 0.1) is 0 Å².